The van der Waals surface area contributed by atoms with Crippen LogP contribution in [-0.4, -0.2) is 18.9 Å². The minimum absolute atomic E-state index is 0.0702. The van der Waals surface area contributed by atoms with E-state index in [-0.39, 0.29) is 12.6 Å². The van der Waals surface area contributed by atoms with E-state index in [2.05, 4.69) is 4.90 Å². The fourth-order valence-corrected chi connectivity index (χ4v) is 3.27. The van der Waals surface area contributed by atoms with Gasteiger partial charge in [0.05, 0.1) is 5.56 Å². The molecule has 0 saturated carbocycles. The average molecular weight is 363 g/mol. The fourth-order valence-electron chi connectivity index (χ4n) is 3.27. The van der Waals surface area contributed by atoms with Gasteiger partial charge in [0.1, 0.15) is 18.6 Å². The van der Waals surface area contributed by atoms with E-state index in [1.165, 1.54) is 6.07 Å². The highest BCUT2D eigenvalue weighted by Gasteiger charge is 2.30. The number of ether oxygens (including phenoxy) is 1. The Labute approximate surface area is 150 Å². The maximum absolute atomic E-state index is 12.7. The zero-order valence-corrected chi connectivity index (χ0v) is 14.2. The zero-order chi connectivity index (χ0) is 18.6. The largest absolute Gasteiger partial charge is 0.489 e. The summed E-state index contributed by atoms with van der Waals surface area (Å²) >= 11 is 0. The second-order valence-corrected chi connectivity index (χ2v) is 6.37. The van der Waals surface area contributed by atoms with Crippen molar-refractivity contribution in [3.05, 3.63) is 59.7 Å². The number of hydrogen-bond acceptors (Lipinski definition) is 3. The van der Waals surface area contributed by atoms with Crippen LogP contribution in [0.15, 0.2) is 48.5 Å². The minimum atomic E-state index is -4.36. The van der Waals surface area contributed by atoms with Crippen LogP contribution in [0.2, 0.25) is 0 Å². The van der Waals surface area contributed by atoms with Crippen LogP contribution >= 0.6 is 0 Å². The first-order chi connectivity index (χ1) is 12.5. The lowest BCUT2D eigenvalue weighted by Gasteiger charge is -2.25. The lowest BCUT2D eigenvalue weighted by atomic mass is 10.1. The number of aldehydes is 1. The molecule has 0 aliphatic carbocycles. The van der Waals surface area contributed by atoms with E-state index in [4.69, 9.17) is 4.74 Å². The number of benzene rings is 2. The van der Waals surface area contributed by atoms with Crippen LogP contribution < -0.4 is 9.64 Å². The molecule has 3 rings (SSSR count). The topological polar surface area (TPSA) is 29.5 Å². The van der Waals surface area contributed by atoms with Crippen molar-refractivity contribution >= 4 is 12.0 Å². The summed E-state index contributed by atoms with van der Waals surface area (Å²) in [7, 11) is 0. The molecule has 1 atom stereocenters. The van der Waals surface area contributed by atoms with Gasteiger partial charge in [-0.25, -0.2) is 0 Å². The Morgan fingerprint density at radius 2 is 1.92 bits per heavy atom. The van der Waals surface area contributed by atoms with E-state index in [9.17, 15) is 18.0 Å². The molecule has 1 unspecified atom stereocenters. The number of rotatable bonds is 6. The summed E-state index contributed by atoms with van der Waals surface area (Å²) in [6.07, 6.45) is -0.812. The van der Waals surface area contributed by atoms with Gasteiger partial charge >= 0.3 is 6.18 Å². The van der Waals surface area contributed by atoms with Gasteiger partial charge in [0.25, 0.3) is 0 Å². The molecule has 1 aliphatic heterocycles. The van der Waals surface area contributed by atoms with Gasteiger partial charge in [0, 0.05) is 24.7 Å². The highest BCUT2D eigenvalue weighted by molar-refractivity contribution is 5.56. The van der Waals surface area contributed by atoms with Gasteiger partial charge in [-0.15, -0.1) is 0 Å². The third-order valence-electron chi connectivity index (χ3n) is 4.57. The van der Waals surface area contributed by atoms with Crippen molar-refractivity contribution in [2.24, 2.45) is 0 Å². The maximum atomic E-state index is 12.7. The van der Waals surface area contributed by atoms with Gasteiger partial charge < -0.3 is 14.4 Å². The van der Waals surface area contributed by atoms with Gasteiger partial charge in [0.2, 0.25) is 0 Å². The third kappa shape index (κ3) is 4.36. The fraction of sp³-hybridized carbons (Fsp3) is 0.350. The second-order valence-electron chi connectivity index (χ2n) is 6.37. The highest BCUT2D eigenvalue weighted by Crippen LogP contribution is 2.30. The van der Waals surface area contributed by atoms with Crippen molar-refractivity contribution in [1.29, 1.82) is 0 Å². The van der Waals surface area contributed by atoms with E-state index in [0.29, 0.717) is 17.7 Å². The SMILES string of the molecule is O=CCC1CCCN1c1ccc(OCc2cccc(C(F)(F)F)c2)cc1. The van der Waals surface area contributed by atoms with Gasteiger partial charge in [-0.3, -0.25) is 0 Å². The predicted molar refractivity (Wildman–Crippen MR) is 93.3 cm³/mol. The molecule has 138 valence electrons. The summed E-state index contributed by atoms with van der Waals surface area (Å²) in [4.78, 5) is 13.0. The molecule has 2 aromatic carbocycles. The van der Waals surface area contributed by atoms with Crippen LogP contribution in [0, 0.1) is 0 Å². The summed E-state index contributed by atoms with van der Waals surface area (Å²) in [5, 5.41) is 0. The predicted octanol–water partition coefficient (Wildman–Crippen LogP) is 4.84. The maximum Gasteiger partial charge on any atom is 0.416 e. The Hall–Kier alpha value is -2.50. The first-order valence-electron chi connectivity index (χ1n) is 8.56. The van der Waals surface area contributed by atoms with Crippen LogP contribution in [0.5, 0.6) is 5.75 Å². The Kier molecular flexibility index (Phi) is 5.49. The highest BCUT2D eigenvalue weighted by atomic mass is 19.4. The Morgan fingerprint density at radius 3 is 2.62 bits per heavy atom. The number of carbonyl (C=O) groups excluding carboxylic acids is 1. The first-order valence-corrected chi connectivity index (χ1v) is 8.56. The number of hydrogen-bond donors (Lipinski definition) is 0. The van der Waals surface area contributed by atoms with E-state index < -0.39 is 11.7 Å². The standard InChI is InChI=1S/C20H20F3NO2/c21-20(22,23)16-4-1-3-15(13-16)14-26-19-8-6-18(7-9-19)24-11-2-5-17(24)10-12-25/h1,3-4,6-9,12-13,17H,2,5,10-11,14H2. The van der Waals surface area contributed by atoms with Crippen LogP contribution in [0.3, 0.4) is 0 Å². The number of halogens is 3. The molecule has 0 amide bonds. The van der Waals surface area contributed by atoms with Crippen molar-refractivity contribution in [2.75, 3.05) is 11.4 Å². The van der Waals surface area contributed by atoms with E-state index in [0.717, 1.165) is 43.5 Å². The van der Waals surface area contributed by atoms with Gasteiger partial charge in [-0.05, 0) is 54.8 Å². The molecule has 1 fully saturated rings. The molecule has 6 heteroatoms. The molecular weight excluding hydrogens is 343 g/mol. The quantitative estimate of drug-likeness (QED) is 0.688. The second kappa shape index (κ2) is 7.81. The molecule has 0 N–H and O–H groups in total. The first kappa shape index (κ1) is 18.3. The Bertz CT molecular complexity index is 743. The Balaban J connectivity index is 1.62. The number of anilines is 1. The molecule has 3 nitrogen and oxygen atoms in total. The van der Waals surface area contributed by atoms with E-state index in [1.54, 1.807) is 18.2 Å². The van der Waals surface area contributed by atoms with Crippen molar-refractivity contribution in [3.63, 3.8) is 0 Å². The minimum Gasteiger partial charge on any atom is -0.489 e. The van der Waals surface area contributed by atoms with Crippen LogP contribution in [0.1, 0.15) is 30.4 Å². The Morgan fingerprint density at radius 1 is 1.15 bits per heavy atom. The summed E-state index contributed by atoms with van der Waals surface area (Å²) in [6.45, 7) is 0.990. The van der Waals surface area contributed by atoms with Crippen molar-refractivity contribution in [2.45, 2.75) is 38.1 Å². The molecular formula is C20H20F3NO2. The van der Waals surface area contributed by atoms with Gasteiger partial charge in [-0.2, -0.15) is 13.2 Å². The molecule has 0 aromatic heterocycles. The summed E-state index contributed by atoms with van der Waals surface area (Å²) in [5.74, 6) is 0.595. The average Bonchev–Trinajstić information content (AvgIpc) is 3.09. The van der Waals surface area contributed by atoms with Crippen LogP contribution in [0.25, 0.3) is 0 Å². The normalized spacial score (nSPS) is 17.3. The molecule has 0 radical (unpaired) electrons. The molecule has 2 aromatic rings. The van der Waals surface area contributed by atoms with Gasteiger partial charge in [-0.1, -0.05) is 12.1 Å². The smallest absolute Gasteiger partial charge is 0.416 e. The van der Waals surface area contributed by atoms with Crippen LogP contribution in [-0.2, 0) is 17.6 Å². The van der Waals surface area contributed by atoms with Crippen molar-refractivity contribution < 1.29 is 22.7 Å². The number of carbonyl (C=O) groups is 1. The summed E-state index contributed by atoms with van der Waals surface area (Å²) in [5.41, 5.74) is 0.819. The van der Waals surface area contributed by atoms with E-state index >= 15 is 0 Å². The molecule has 1 saturated heterocycles. The molecule has 0 spiro atoms. The summed E-state index contributed by atoms with van der Waals surface area (Å²) in [6, 6.07) is 12.8. The zero-order valence-electron chi connectivity index (χ0n) is 14.2. The number of nitrogens with zero attached hydrogens (tertiary/aromatic N) is 1. The number of alkyl halides is 3. The van der Waals surface area contributed by atoms with E-state index in [1.807, 2.05) is 12.1 Å². The third-order valence-corrected chi connectivity index (χ3v) is 4.57. The lowest BCUT2D eigenvalue weighted by molar-refractivity contribution is -0.137. The monoisotopic (exact) mass is 363 g/mol. The molecule has 0 bridgehead atoms. The summed E-state index contributed by atoms with van der Waals surface area (Å²) < 4.78 is 43.8. The molecule has 1 heterocycles. The lowest BCUT2D eigenvalue weighted by Crippen LogP contribution is -2.29. The van der Waals surface area contributed by atoms with Crippen molar-refractivity contribution in [1.82, 2.24) is 0 Å². The van der Waals surface area contributed by atoms with Gasteiger partial charge in [0.15, 0.2) is 0 Å². The molecule has 1 aliphatic rings. The van der Waals surface area contributed by atoms with Crippen LogP contribution in [0.4, 0.5) is 18.9 Å². The van der Waals surface area contributed by atoms with Crippen molar-refractivity contribution in [3.8, 4) is 5.75 Å². The molecule has 26 heavy (non-hydrogen) atoms.